The van der Waals surface area contributed by atoms with Gasteiger partial charge in [-0.1, -0.05) is 24.3 Å². The van der Waals surface area contributed by atoms with Gasteiger partial charge in [0.2, 0.25) is 0 Å². The lowest BCUT2D eigenvalue weighted by Crippen LogP contribution is -2.50. The SMILES string of the molecule is CCN1c2ccccc2N(C(=O)COc2ccccc2OC)CC1C. The first kappa shape index (κ1) is 17.1. The van der Waals surface area contributed by atoms with E-state index >= 15 is 0 Å². The Balaban J connectivity index is 1.78. The van der Waals surface area contributed by atoms with Gasteiger partial charge < -0.3 is 19.3 Å². The third-order valence-corrected chi connectivity index (χ3v) is 4.52. The lowest BCUT2D eigenvalue weighted by Gasteiger charge is -2.41. The fraction of sp³-hybridized carbons (Fsp3) is 0.350. The predicted molar refractivity (Wildman–Crippen MR) is 99.8 cm³/mol. The van der Waals surface area contributed by atoms with Gasteiger partial charge in [-0.05, 0) is 38.1 Å². The number of likely N-dealkylation sites (N-methyl/N-ethyl adjacent to an activating group) is 1. The molecule has 3 rings (SSSR count). The molecule has 25 heavy (non-hydrogen) atoms. The lowest BCUT2D eigenvalue weighted by molar-refractivity contribution is -0.120. The van der Waals surface area contributed by atoms with Crippen LogP contribution in [0.15, 0.2) is 48.5 Å². The molecule has 2 aromatic carbocycles. The normalized spacial score (nSPS) is 16.4. The van der Waals surface area contributed by atoms with Crippen LogP contribution in [0, 0.1) is 0 Å². The smallest absolute Gasteiger partial charge is 0.265 e. The van der Waals surface area contributed by atoms with Crippen LogP contribution in [0.25, 0.3) is 0 Å². The summed E-state index contributed by atoms with van der Waals surface area (Å²) in [5.41, 5.74) is 2.03. The average Bonchev–Trinajstić information content (AvgIpc) is 2.65. The molecule has 1 aliphatic heterocycles. The topological polar surface area (TPSA) is 42.0 Å². The Labute approximate surface area is 148 Å². The van der Waals surface area contributed by atoms with Gasteiger partial charge in [-0.25, -0.2) is 0 Å². The number of methoxy groups -OCH3 is 1. The molecule has 0 N–H and O–H groups in total. The highest BCUT2D eigenvalue weighted by Crippen LogP contribution is 2.35. The highest BCUT2D eigenvalue weighted by molar-refractivity contribution is 5.99. The van der Waals surface area contributed by atoms with Crippen molar-refractivity contribution in [3.05, 3.63) is 48.5 Å². The summed E-state index contributed by atoms with van der Waals surface area (Å²) in [6, 6.07) is 15.6. The summed E-state index contributed by atoms with van der Waals surface area (Å²) >= 11 is 0. The lowest BCUT2D eigenvalue weighted by atomic mass is 10.1. The van der Waals surface area contributed by atoms with Gasteiger partial charge in [0.1, 0.15) is 0 Å². The minimum atomic E-state index is -0.0547. The van der Waals surface area contributed by atoms with E-state index < -0.39 is 0 Å². The molecule has 132 valence electrons. The van der Waals surface area contributed by atoms with Crippen molar-refractivity contribution in [1.82, 2.24) is 0 Å². The molecule has 0 aliphatic carbocycles. The third-order valence-electron chi connectivity index (χ3n) is 4.52. The second kappa shape index (κ2) is 7.47. The molecule has 0 saturated carbocycles. The fourth-order valence-electron chi connectivity index (χ4n) is 3.31. The van der Waals surface area contributed by atoms with Gasteiger partial charge in [0, 0.05) is 19.1 Å². The van der Waals surface area contributed by atoms with E-state index in [1.165, 1.54) is 0 Å². The molecule has 2 aromatic rings. The van der Waals surface area contributed by atoms with Crippen molar-refractivity contribution in [2.75, 3.05) is 36.6 Å². The average molecular weight is 340 g/mol. The molecule has 1 aliphatic rings. The molecular weight excluding hydrogens is 316 g/mol. The summed E-state index contributed by atoms with van der Waals surface area (Å²) in [5, 5.41) is 0. The van der Waals surface area contributed by atoms with Gasteiger partial charge in [-0.15, -0.1) is 0 Å². The second-order valence-corrected chi connectivity index (χ2v) is 6.07. The summed E-state index contributed by atoms with van der Waals surface area (Å²) in [4.78, 5) is 17.0. The van der Waals surface area contributed by atoms with Crippen molar-refractivity contribution in [2.24, 2.45) is 0 Å². The van der Waals surface area contributed by atoms with Crippen molar-refractivity contribution >= 4 is 17.3 Å². The number of carbonyl (C=O) groups excluding carboxylic acids is 1. The number of benzene rings is 2. The van der Waals surface area contributed by atoms with Crippen LogP contribution in [0.2, 0.25) is 0 Å². The number of para-hydroxylation sites is 4. The van der Waals surface area contributed by atoms with Gasteiger partial charge in [0.15, 0.2) is 18.1 Å². The van der Waals surface area contributed by atoms with Crippen LogP contribution in [-0.4, -0.2) is 38.8 Å². The minimum Gasteiger partial charge on any atom is -0.493 e. The first-order valence-electron chi connectivity index (χ1n) is 8.57. The Kier molecular flexibility index (Phi) is 5.12. The summed E-state index contributed by atoms with van der Waals surface area (Å²) in [7, 11) is 1.59. The van der Waals surface area contributed by atoms with Gasteiger partial charge in [-0.2, -0.15) is 0 Å². The number of hydrogen-bond acceptors (Lipinski definition) is 4. The van der Waals surface area contributed by atoms with E-state index in [-0.39, 0.29) is 18.6 Å². The van der Waals surface area contributed by atoms with Crippen LogP contribution in [0.4, 0.5) is 11.4 Å². The Morgan fingerprint density at radius 2 is 1.72 bits per heavy atom. The van der Waals surface area contributed by atoms with E-state index in [1.54, 1.807) is 13.2 Å². The summed E-state index contributed by atoms with van der Waals surface area (Å²) in [6.07, 6.45) is 0. The van der Waals surface area contributed by atoms with Crippen LogP contribution in [0.5, 0.6) is 11.5 Å². The minimum absolute atomic E-state index is 0.0203. The molecule has 1 unspecified atom stereocenters. The van der Waals surface area contributed by atoms with Crippen molar-refractivity contribution in [1.29, 1.82) is 0 Å². The maximum absolute atomic E-state index is 12.8. The number of carbonyl (C=O) groups is 1. The predicted octanol–water partition coefficient (Wildman–Crippen LogP) is 3.34. The van der Waals surface area contributed by atoms with Crippen molar-refractivity contribution in [3.63, 3.8) is 0 Å². The zero-order chi connectivity index (χ0) is 17.8. The molecule has 1 amide bonds. The quantitative estimate of drug-likeness (QED) is 0.837. The number of rotatable bonds is 5. The van der Waals surface area contributed by atoms with Gasteiger partial charge >= 0.3 is 0 Å². The Morgan fingerprint density at radius 3 is 2.40 bits per heavy atom. The zero-order valence-electron chi connectivity index (χ0n) is 14.9. The van der Waals surface area contributed by atoms with Crippen LogP contribution < -0.4 is 19.3 Å². The van der Waals surface area contributed by atoms with E-state index in [0.717, 1.165) is 17.9 Å². The van der Waals surface area contributed by atoms with E-state index in [4.69, 9.17) is 9.47 Å². The molecule has 0 radical (unpaired) electrons. The largest absolute Gasteiger partial charge is 0.493 e. The van der Waals surface area contributed by atoms with Crippen LogP contribution >= 0.6 is 0 Å². The summed E-state index contributed by atoms with van der Waals surface area (Å²) in [6.45, 7) is 5.82. The number of anilines is 2. The number of nitrogens with zero attached hydrogens (tertiary/aromatic N) is 2. The molecule has 5 heteroatoms. The first-order valence-corrected chi connectivity index (χ1v) is 8.57. The highest BCUT2D eigenvalue weighted by atomic mass is 16.5. The third kappa shape index (κ3) is 3.40. The number of amides is 1. The van der Waals surface area contributed by atoms with E-state index in [9.17, 15) is 4.79 Å². The van der Waals surface area contributed by atoms with E-state index in [1.807, 2.05) is 41.3 Å². The Bertz CT molecular complexity index is 747. The standard InChI is InChI=1S/C20H24N2O3/c1-4-21-15(2)13-22(17-10-6-5-9-16(17)21)20(23)14-25-19-12-8-7-11-18(19)24-3/h5-12,15H,4,13-14H2,1-3H3. The number of hydrogen-bond donors (Lipinski definition) is 0. The maximum Gasteiger partial charge on any atom is 0.265 e. The summed E-state index contributed by atoms with van der Waals surface area (Å²) < 4.78 is 11.0. The Hall–Kier alpha value is -2.69. The molecule has 0 saturated heterocycles. The molecule has 0 bridgehead atoms. The molecular formula is C20H24N2O3. The molecule has 0 fully saturated rings. The van der Waals surface area contributed by atoms with E-state index in [2.05, 4.69) is 24.8 Å². The highest BCUT2D eigenvalue weighted by Gasteiger charge is 2.30. The molecule has 0 spiro atoms. The van der Waals surface area contributed by atoms with Crippen LogP contribution in [0.3, 0.4) is 0 Å². The second-order valence-electron chi connectivity index (χ2n) is 6.07. The number of fused-ring (bicyclic) bond motifs is 1. The summed E-state index contributed by atoms with van der Waals surface area (Å²) in [5.74, 6) is 1.15. The van der Waals surface area contributed by atoms with Crippen molar-refractivity contribution < 1.29 is 14.3 Å². The maximum atomic E-state index is 12.8. The molecule has 5 nitrogen and oxygen atoms in total. The van der Waals surface area contributed by atoms with Crippen LogP contribution in [0.1, 0.15) is 13.8 Å². The monoisotopic (exact) mass is 340 g/mol. The molecule has 1 heterocycles. The number of ether oxygens (including phenoxy) is 2. The zero-order valence-corrected chi connectivity index (χ0v) is 14.9. The van der Waals surface area contributed by atoms with Crippen molar-refractivity contribution in [3.8, 4) is 11.5 Å². The van der Waals surface area contributed by atoms with E-state index in [0.29, 0.717) is 18.0 Å². The Morgan fingerprint density at radius 1 is 1.08 bits per heavy atom. The fourth-order valence-corrected chi connectivity index (χ4v) is 3.31. The van der Waals surface area contributed by atoms with Crippen molar-refractivity contribution in [2.45, 2.75) is 19.9 Å². The first-order chi connectivity index (χ1) is 12.2. The van der Waals surface area contributed by atoms with Gasteiger partial charge in [0.05, 0.1) is 18.5 Å². The van der Waals surface area contributed by atoms with Gasteiger partial charge in [-0.3, -0.25) is 4.79 Å². The van der Waals surface area contributed by atoms with Crippen LogP contribution in [-0.2, 0) is 4.79 Å². The molecule has 0 aromatic heterocycles. The van der Waals surface area contributed by atoms with Gasteiger partial charge in [0.25, 0.3) is 5.91 Å². The molecule has 1 atom stereocenters.